The highest BCUT2D eigenvalue weighted by atomic mass is 16.6. The number of ether oxygens (including phenoxy) is 2. The lowest BCUT2D eigenvalue weighted by molar-refractivity contribution is -0.146. The maximum Gasteiger partial charge on any atom is 0.408 e. The number of amides is 1. The van der Waals surface area contributed by atoms with Crippen LogP contribution in [0.25, 0.3) is 0 Å². The largest absolute Gasteiger partial charge is 0.466 e. The normalized spacial score (nSPS) is 12.7. The molecule has 0 fully saturated rings. The van der Waals surface area contributed by atoms with Crippen LogP contribution in [0.3, 0.4) is 0 Å². The number of alkyl carbamates (subject to hydrolysis) is 1. The summed E-state index contributed by atoms with van der Waals surface area (Å²) in [7, 11) is 0. The zero-order valence-corrected chi connectivity index (χ0v) is 13.8. The molecule has 0 spiro atoms. The second-order valence-electron chi connectivity index (χ2n) is 6.28. The van der Waals surface area contributed by atoms with Crippen molar-refractivity contribution in [3.63, 3.8) is 0 Å². The first-order chi connectivity index (χ1) is 9.55. The number of ketones is 1. The van der Waals surface area contributed by atoms with Crippen LogP contribution in [0.2, 0.25) is 0 Å². The van der Waals surface area contributed by atoms with Gasteiger partial charge in [-0.05, 0) is 40.0 Å². The van der Waals surface area contributed by atoms with Crippen LogP contribution in [0, 0.1) is 5.92 Å². The van der Waals surface area contributed by atoms with E-state index in [1.165, 1.54) is 0 Å². The van der Waals surface area contributed by atoms with Gasteiger partial charge in [0.2, 0.25) is 0 Å². The third kappa shape index (κ3) is 9.87. The van der Waals surface area contributed by atoms with Crippen molar-refractivity contribution in [2.75, 3.05) is 6.61 Å². The quantitative estimate of drug-likeness (QED) is 0.577. The average molecular weight is 301 g/mol. The fourth-order valence-electron chi connectivity index (χ4n) is 1.67. The van der Waals surface area contributed by atoms with Gasteiger partial charge in [-0.25, -0.2) is 4.79 Å². The minimum Gasteiger partial charge on any atom is -0.466 e. The second kappa shape index (κ2) is 8.64. The van der Waals surface area contributed by atoms with Crippen LogP contribution in [0.1, 0.15) is 54.4 Å². The summed E-state index contributed by atoms with van der Waals surface area (Å²) in [4.78, 5) is 35.2. The third-order valence-corrected chi connectivity index (χ3v) is 2.41. The van der Waals surface area contributed by atoms with E-state index in [9.17, 15) is 14.4 Å². The lowest BCUT2D eigenvalue weighted by atomic mass is 9.99. The molecule has 0 heterocycles. The Morgan fingerprint density at radius 1 is 1.14 bits per heavy atom. The van der Waals surface area contributed by atoms with Gasteiger partial charge in [-0.2, -0.15) is 0 Å². The monoisotopic (exact) mass is 301 g/mol. The number of Topliss-reactive ketones (excluding diaryl/α,β-unsaturated/α-hetero) is 1. The van der Waals surface area contributed by atoms with Gasteiger partial charge in [0.05, 0.1) is 12.6 Å². The molecule has 0 rings (SSSR count). The fraction of sp³-hybridized carbons (Fsp3) is 0.800. The predicted molar refractivity (Wildman–Crippen MR) is 78.9 cm³/mol. The summed E-state index contributed by atoms with van der Waals surface area (Å²) in [5.41, 5.74) is -0.642. The van der Waals surface area contributed by atoms with Crippen molar-refractivity contribution in [3.05, 3.63) is 0 Å². The highest BCUT2D eigenvalue weighted by Gasteiger charge is 2.26. The fourth-order valence-corrected chi connectivity index (χ4v) is 1.67. The Bertz CT molecular complexity index is 371. The molecule has 0 saturated heterocycles. The number of carbonyl (C=O) groups is 3. The van der Waals surface area contributed by atoms with Crippen LogP contribution >= 0.6 is 0 Å². The molecule has 1 N–H and O–H groups in total. The number of carbonyl (C=O) groups excluding carboxylic acids is 3. The summed E-state index contributed by atoms with van der Waals surface area (Å²) >= 11 is 0. The van der Waals surface area contributed by atoms with E-state index in [2.05, 4.69) is 5.32 Å². The molecule has 1 atom stereocenters. The van der Waals surface area contributed by atoms with Gasteiger partial charge in [-0.3, -0.25) is 9.59 Å². The van der Waals surface area contributed by atoms with Gasteiger partial charge >= 0.3 is 12.1 Å². The number of esters is 1. The van der Waals surface area contributed by atoms with E-state index in [4.69, 9.17) is 9.47 Å². The minimum atomic E-state index is -0.746. The van der Waals surface area contributed by atoms with Crippen molar-refractivity contribution in [3.8, 4) is 0 Å². The molecule has 0 radical (unpaired) electrons. The summed E-state index contributed by atoms with van der Waals surface area (Å²) in [5.74, 6) is -0.758. The Balaban J connectivity index is 4.68. The van der Waals surface area contributed by atoms with Crippen LogP contribution in [-0.4, -0.2) is 36.1 Å². The first kappa shape index (κ1) is 19.4. The first-order valence-corrected chi connectivity index (χ1v) is 7.23. The molecule has 21 heavy (non-hydrogen) atoms. The van der Waals surface area contributed by atoms with Gasteiger partial charge in [-0.1, -0.05) is 13.8 Å². The smallest absolute Gasteiger partial charge is 0.408 e. The molecular formula is C15H27NO5. The molecule has 6 nitrogen and oxygen atoms in total. The molecule has 6 heteroatoms. The van der Waals surface area contributed by atoms with E-state index in [1.807, 2.05) is 13.8 Å². The van der Waals surface area contributed by atoms with Gasteiger partial charge in [0.15, 0.2) is 5.78 Å². The number of nitrogens with one attached hydrogen (secondary N) is 1. The van der Waals surface area contributed by atoms with E-state index < -0.39 is 23.7 Å². The molecule has 0 unspecified atom stereocenters. The van der Waals surface area contributed by atoms with Gasteiger partial charge < -0.3 is 14.8 Å². The third-order valence-electron chi connectivity index (χ3n) is 2.41. The van der Waals surface area contributed by atoms with E-state index >= 15 is 0 Å². The average Bonchev–Trinajstić information content (AvgIpc) is 2.24. The summed E-state index contributed by atoms with van der Waals surface area (Å²) in [6.07, 6.45) is -0.566. The zero-order chi connectivity index (χ0) is 16.6. The van der Waals surface area contributed by atoms with E-state index in [1.54, 1.807) is 27.7 Å². The van der Waals surface area contributed by atoms with Crippen LogP contribution in [0.5, 0.6) is 0 Å². The Kier molecular flexibility index (Phi) is 7.99. The molecule has 0 aliphatic carbocycles. The van der Waals surface area contributed by atoms with E-state index in [0.29, 0.717) is 6.42 Å². The lowest BCUT2D eigenvalue weighted by Gasteiger charge is -2.23. The zero-order valence-electron chi connectivity index (χ0n) is 13.8. The van der Waals surface area contributed by atoms with Crippen LogP contribution in [0.15, 0.2) is 0 Å². The molecule has 1 amide bonds. The molecule has 0 aromatic carbocycles. The van der Waals surface area contributed by atoms with Gasteiger partial charge in [0.25, 0.3) is 0 Å². The summed E-state index contributed by atoms with van der Waals surface area (Å²) in [6, 6.07) is -0.746. The summed E-state index contributed by atoms with van der Waals surface area (Å²) in [6.45, 7) is 11.0. The van der Waals surface area contributed by atoms with Crippen molar-refractivity contribution >= 4 is 17.8 Å². The predicted octanol–water partition coefficient (Wildman–Crippen LogP) is 2.45. The van der Waals surface area contributed by atoms with Crippen LogP contribution < -0.4 is 5.32 Å². The first-order valence-electron chi connectivity index (χ1n) is 7.23. The Morgan fingerprint density at radius 2 is 1.71 bits per heavy atom. The molecule has 0 saturated carbocycles. The minimum absolute atomic E-state index is 0.191. The highest BCUT2D eigenvalue weighted by molar-refractivity contribution is 5.99. The van der Waals surface area contributed by atoms with Crippen molar-refractivity contribution in [1.82, 2.24) is 5.32 Å². The van der Waals surface area contributed by atoms with Crippen LogP contribution in [-0.2, 0) is 19.1 Å². The van der Waals surface area contributed by atoms with Crippen molar-refractivity contribution in [1.29, 1.82) is 0 Å². The second-order valence-corrected chi connectivity index (χ2v) is 6.28. The topological polar surface area (TPSA) is 81.7 Å². The summed E-state index contributed by atoms with van der Waals surface area (Å²) < 4.78 is 9.88. The molecule has 0 bridgehead atoms. The number of hydrogen-bond donors (Lipinski definition) is 1. The Hall–Kier alpha value is -1.59. The van der Waals surface area contributed by atoms with Crippen molar-refractivity contribution in [2.45, 2.75) is 66.0 Å². The Morgan fingerprint density at radius 3 is 2.14 bits per heavy atom. The number of hydrogen-bond acceptors (Lipinski definition) is 5. The molecule has 0 aliphatic heterocycles. The van der Waals surface area contributed by atoms with Gasteiger partial charge in [-0.15, -0.1) is 0 Å². The SMILES string of the molecule is CCOC(=O)CC(=O)[C@@H](CC(C)C)NC(=O)OC(C)(C)C. The molecule has 0 aromatic heterocycles. The molecular weight excluding hydrogens is 274 g/mol. The van der Waals surface area contributed by atoms with Crippen molar-refractivity contribution < 1.29 is 23.9 Å². The number of rotatable bonds is 7. The summed E-state index contributed by atoms with van der Waals surface area (Å²) in [5, 5.41) is 2.53. The molecule has 122 valence electrons. The van der Waals surface area contributed by atoms with E-state index in [-0.39, 0.29) is 24.7 Å². The van der Waals surface area contributed by atoms with Crippen molar-refractivity contribution in [2.24, 2.45) is 5.92 Å². The maximum atomic E-state index is 12.1. The van der Waals surface area contributed by atoms with Gasteiger partial charge in [0, 0.05) is 0 Å². The maximum absolute atomic E-state index is 12.1. The Labute approximate surface area is 126 Å². The molecule has 0 aromatic rings. The highest BCUT2D eigenvalue weighted by Crippen LogP contribution is 2.11. The van der Waals surface area contributed by atoms with E-state index in [0.717, 1.165) is 0 Å². The molecule has 0 aliphatic rings. The lowest BCUT2D eigenvalue weighted by Crippen LogP contribution is -2.44. The van der Waals surface area contributed by atoms with Gasteiger partial charge in [0.1, 0.15) is 12.0 Å². The standard InChI is InChI=1S/C15H27NO5/c1-7-20-13(18)9-12(17)11(8-10(2)3)16-14(19)21-15(4,5)6/h10-11H,7-9H2,1-6H3,(H,16,19)/t11-/m1/s1. The van der Waals surface area contributed by atoms with Crippen LogP contribution in [0.4, 0.5) is 4.79 Å².